The largest absolute Gasteiger partial charge is 0.318 e. The van der Waals surface area contributed by atoms with Crippen LogP contribution in [0.3, 0.4) is 0 Å². The molecule has 1 amide bonds. The fourth-order valence-corrected chi connectivity index (χ4v) is 3.92. The summed E-state index contributed by atoms with van der Waals surface area (Å²) < 4.78 is 1.74. The minimum Gasteiger partial charge on any atom is -0.318 e. The Morgan fingerprint density at radius 1 is 0.966 bits per heavy atom. The van der Waals surface area contributed by atoms with Crippen LogP contribution in [0.25, 0.3) is 16.6 Å². The number of carbonyl (C=O) groups excluding carboxylic acids is 2. The average molecular weight is 421 g/mol. The lowest BCUT2D eigenvalue weighted by Crippen LogP contribution is -2.25. The van der Waals surface area contributed by atoms with E-state index in [9.17, 15) is 9.59 Å². The maximum atomic E-state index is 13.2. The van der Waals surface area contributed by atoms with Gasteiger partial charge in [0.2, 0.25) is 0 Å². The van der Waals surface area contributed by atoms with E-state index in [1.807, 2.05) is 60.9 Å². The van der Waals surface area contributed by atoms with Gasteiger partial charge in [0.15, 0.2) is 0 Å². The van der Waals surface area contributed by atoms with E-state index in [0.717, 1.165) is 16.0 Å². The van der Waals surface area contributed by atoms with Crippen molar-refractivity contribution < 1.29 is 9.59 Å². The number of ketones is 1. The number of rotatable bonds is 5. The van der Waals surface area contributed by atoms with Crippen LogP contribution < -0.4 is 5.32 Å². The van der Waals surface area contributed by atoms with Crippen molar-refractivity contribution in [3.05, 3.63) is 89.7 Å². The van der Waals surface area contributed by atoms with Crippen LogP contribution in [0.1, 0.15) is 10.5 Å². The van der Waals surface area contributed by atoms with Crippen molar-refractivity contribution in [2.45, 2.75) is 4.90 Å². The predicted octanol–water partition coefficient (Wildman–Crippen LogP) is 5.80. The Kier molecular flexibility index (Phi) is 5.43. The Labute approximate surface area is 177 Å². The van der Waals surface area contributed by atoms with E-state index >= 15 is 0 Å². The number of para-hydroxylation sites is 1. The lowest BCUT2D eigenvalue weighted by Gasteiger charge is -2.10. The molecular weight excluding hydrogens is 404 g/mol. The average Bonchev–Trinajstić information content (AvgIpc) is 3.13. The van der Waals surface area contributed by atoms with Crippen molar-refractivity contribution in [3.63, 3.8) is 0 Å². The summed E-state index contributed by atoms with van der Waals surface area (Å²) in [5, 5.41) is 3.37. The number of carbonyl (C=O) groups is 2. The van der Waals surface area contributed by atoms with Crippen molar-refractivity contribution >= 4 is 46.3 Å². The standard InChI is InChI=1S/C23H17ClN2O2S/c1-29-20-8-3-2-7-19(20)25-23(28)22(27)21-18(15-9-11-16(24)12-10-15)14-17-6-4-5-13-26(17)21/h2-14H,1H3,(H,25,28). The maximum absolute atomic E-state index is 13.2. The first-order valence-electron chi connectivity index (χ1n) is 8.93. The van der Waals surface area contributed by atoms with E-state index in [4.69, 9.17) is 11.6 Å². The molecule has 2 heterocycles. The molecule has 29 heavy (non-hydrogen) atoms. The number of fused-ring (bicyclic) bond motifs is 1. The normalized spacial score (nSPS) is 10.8. The molecule has 0 aliphatic heterocycles. The third kappa shape index (κ3) is 3.79. The minimum atomic E-state index is -0.675. The fraction of sp³-hybridized carbons (Fsp3) is 0.0435. The minimum absolute atomic E-state index is 0.321. The summed E-state index contributed by atoms with van der Waals surface area (Å²) in [6.45, 7) is 0. The zero-order valence-corrected chi connectivity index (χ0v) is 17.1. The number of halogens is 1. The zero-order chi connectivity index (χ0) is 20.4. The van der Waals surface area contributed by atoms with Gasteiger partial charge in [0.1, 0.15) is 5.69 Å². The Morgan fingerprint density at radius 3 is 2.45 bits per heavy atom. The molecule has 0 atom stereocenters. The van der Waals surface area contributed by atoms with E-state index in [-0.39, 0.29) is 0 Å². The number of hydrogen-bond donors (Lipinski definition) is 1. The number of benzene rings is 2. The Morgan fingerprint density at radius 2 is 1.69 bits per heavy atom. The molecule has 4 rings (SSSR count). The topological polar surface area (TPSA) is 50.6 Å². The highest BCUT2D eigenvalue weighted by atomic mass is 35.5. The van der Waals surface area contributed by atoms with E-state index < -0.39 is 11.7 Å². The molecule has 6 heteroatoms. The molecule has 0 saturated heterocycles. The third-order valence-corrected chi connectivity index (χ3v) is 5.66. The second-order valence-electron chi connectivity index (χ2n) is 6.39. The van der Waals surface area contributed by atoms with Crippen LogP contribution in [0.5, 0.6) is 0 Å². The van der Waals surface area contributed by atoms with E-state index in [1.54, 1.807) is 28.8 Å². The first-order chi connectivity index (χ1) is 14.1. The highest BCUT2D eigenvalue weighted by molar-refractivity contribution is 7.98. The summed E-state index contributed by atoms with van der Waals surface area (Å²) >= 11 is 7.52. The quantitative estimate of drug-likeness (QED) is 0.252. The molecular formula is C23H17ClN2O2S. The fourth-order valence-electron chi connectivity index (χ4n) is 3.24. The summed E-state index contributed by atoms with van der Waals surface area (Å²) in [5.41, 5.74) is 3.28. The molecule has 0 spiro atoms. The summed E-state index contributed by atoms with van der Waals surface area (Å²) in [4.78, 5) is 27.0. The van der Waals surface area contributed by atoms with Gasteiger partial charge in [-0.1, -0.05) is 41.9 Å². The highest BCUT2D eigenvalue weighted by Crippen LogP contribution is 2.30. The molecule has 2 aromatic carbocycles. The Hall–Kier alpha value is -3.02. The van der Waals surface area contributed by atoms with Crippen molar-refractivity contribution in [2.24, 2.45) is 0 Å². The number of Topliss-reactive ketones (excluding diaryl/α,β-unsaturated/α-hetero) is 1. The molecule has 4 aromatic rings. The molecule has 0 radical (unpaired) electrons. The first-order valence-corrected chi connectivity index (χ1v) is 10.5. The van der Waals surface area contributed by atoms with Gasteiger partial charge in [-0.3, -0.25) is 9.59 Å². The lowest BCUT2D eigenvalue weighted by atomic mass is 10.0. The number of amides is 1. The molecule has 0 unspecified atom stereocenters. The summed E-state index contributed by atoms with van der Waals surface area (Å²) in [6.07, 6.45) is 3.71. The van der Waals surface area contributed by atoms with Crippen LogP contribution in [-0.4, -0.2) is 22.3 Å². The third-order valence-electron chi connectivity index (χ3n) is 4.61. The number of pyridine rings is 1. The number of nitrogens with zero attached hydrogens (tertiary/aromatic N) is 1. The van der Waals surface area contributed by atoms with Gasteiger partial charge in [-0.25, -0.2) is 0 Å². The smallest absolute Gasteiger partial charge is 0.298 e. The summed E-state index contributed by atoms with van der Waals surface area (Å²) in [7, 11) is 0. The van der Waals surface area contributed by atoms with Crippen LogP contribution in [0.2, 0.25) is 5.02 Å². The molecule has 2 aromatic heterocycles. The number of hydrogen-bond acceptors (Lipinski definition) is 3. The number of anilines is 1. The second-order valence-corrected chi connectivity index (χ2v) is 7.68. The van der Waals surface area contributed by atoms with E-state index in [2.05, 4.69) is 5.32 Å². The van der Waals surface area contributed by atoms with Crippen LogP contribution in [0.15, 0.2) is 83.9 Å². The Balaban J connectivity index is 1.78. The van der Waals surface area contributed by atoms with Gasteiger partial charge in [0.05, 0.1) is 5.69 Å². The number of nitrogens with one attached hydrogen (secondary N) is 1. The van der Waals surface area contributed by atoms with E-state index in [0.29, 0.717) is 22.0 Å². The van der Waals surface area contributed by atoms with Gasteiger partial charge >= 0.3 is 0 Å². The zero-order valence-electron chi connectivity index (χ0n) is 15.6. The van der Waals surface area contributed by atoms with Crippen molar-refractivity contribution in [1.29, 1.82) is 0 Å². The van der Waals surface area contributed by atoms with Crippen LogP contribution in [-0.2, 0) is 4.79 Å². The van der Waals surface area contributed by atoms with Gasteiger partial charge in [-0.05, 0) is 54.3 Å². The molecule has 0 aliphatic rings. The SMILES string of the molecule is CSc1ccccc1NC(=O)C(=O)c1c(-c2ccc(Cl)cc2)cc2ccccn12. The predicted molar refractivity (Wildman–Crippen MR) is 119 cm³/mol. The van der Waals surface area contributed by atoms with Gasteiger partial charge in [0.25, 0.3) is 11.7 Å². The van der Waals surface area contributed by atoms with Gasteiger partial charge < -0.3 is 9.72 Å². The lowest BCUT2D eigenvalue weighted by molar-refractivity contribution is -0.112. The van der Waals surface area contributed by atoms with Gasteiger partial charge in [-0.15, -0.1) is 11.8 Å². The molecule has 0 aliphatic carbocycles. The van der Waals surface area contributed by atoms with Crippen molar-refractivity contribution in [1.82, 2.24) is 4.40 Å². The summed E-state index contributed by atoms with van der Waals surface area (Å²) in [6, 6.07) is 22.1. The maximum Gasteiger partial charge on any atom is 0.298 e. The number of aromatic nitrogens is 1. The summed E-state index contributed by atoms with van der Waals surface area (Å²) in [5.74, 6) is -1.28. The molecule has 0 bridgehead atoms. The van der Waals surface area contributed by atoms with Crippen molar-refractivity contribution in [2.75, 3.05) is 11.6 Å². The van der Waals surface area contributed by atoms with Crippen LogP contribution >= 0.6 is 23.4 Å². The van der Waals surface area contributed by atoms with Gasteiger partial charge in [0, 0.05) is 27.2 Å². The second kappa shape index (κ2) is 8.15. The van der Waals surface area contributed by atoms with Crippen LogP contribution in [0.4, 0.5) is 5.69 Å². The molecule has 0 fully saturated rings. The molecule has 0 saturated carbocycles. The van der Waals surface area contributed by atoms with Crippen molar-refractivity contribution in [3.8, 4) is 11.1 Å². The van der Waals surface area contributed by atoms with Crippen LogP contribution in [0, 0.1) is 0 Å². The highest BCUT2D eigenvalue weighted by Gasteiger charge is 2.25. The molecule has 1 N–H and O–H groups in total. The van der Waals surface area contributed by atoms with Gasteiger partial charge in [-0.2, -0.15) is 0 Å². The first kappa shape index (κ1) is 19.3. The monoisotopic (exact) mass is 420 g/mol. The molecule has 144 valence electrons. The Bertz CT molecular complexity index is 1220. The number of thioether (sulfide) groups is 1. The van der Waals surface area contributed by atoms with E-state index in [1.165, 1.54) is 11.8 Å². The molecule has 4 nitrogen and oxygen atoms in total.